The van der Waals surface area contributed by atoms with Crippen LogP contribution in [0.3, 0.4) is 0 Å². The monoisotopic (exact) mass is 566 g/mol. The van der Waals surface area contributed by atoms with Crippen LogP contribution in [0.2, 0.25) is 0 Å². The lowest BCUT2D eigenvalue weighted by molar-refractivity contribution is -0.123. The summed E-state index contributed by atoms with van der Waals surface area (Å²) in [6.45, 7) is 4.09. The second-order valence-corrected chi connectivity index (χ2v) is 12.3. The molecule has 0 saturated heterocycles. The normalized spacial score (nSPS) is 13.2. The van der Waals surface area contributed by atoms with Crippen molar-refractivity contribution in [1.29, 1.82) is 0 Å². The van der Waals surface area contributed by atoms with E-state index in [9.17, 15) is 15.0 Å². The summed E-state index contributed by atoms with van der Waals surface area (Å²) in [7, 11) is 0. The summed E-state index contributed by atoms with van der Waals surface area (Å²) in [5.41, 5.74) is 0. The minimum atomic E-state index is -0.829. The number of allylic oxidation sites excluding steroid dienone is 1. The van der Waals surface area contributed by atoms with Gasteiger partial charge in [0.2, 0.25) is 5.91 Å². The van der Waals surface area contributed by atoms with Crippen molar-refractivity contribution >= 4 is 5.91 Å². The lowest BCUT2D eigenvalue weighted by atomic mass is 10.0. The van der Waals surface area contributed by atoms with Crippen molar-refractivity contribution in [2.75, 3.05) is 6.61 Å². The molecular weight excluding hydrogens is 494 g/mol. The fraction of sp³-hybridized carbons (Fsp3) is 0.917. The van der Waals surface area contributed by atoms with Gasteiger partial charge in [0.1, 0.15) is 0 Å². The van der Waals surface area contributed by atoms with Gasteiger partial charge in [0, 0.05) is 6.42 Å². The fourth-order valence-electron chi connectivity index (χ4n) is 5.45. The quantitative estimate of drug-likeness (QED) is 0.0561. The minimum Gasteiger partial charge on any atom is -0.394 e. The fourth-order valence-corrected chi connectivity index (χ4v) is 5.45. The Kier molecular flexibility index (Phi) is 31.9. The van der Waals surface area contributed by atoms with Crippen molar-refractivity contribution in [3.63, 3.8) is 0 Å². The predicted octanol–water partition coefficient (Wildman–Crippen LogP) is 10.3. The molecule has 0 radical (unpaired) electrons. The molecule has 3 N–H and O–H groups in total. The molecule has 40 heavy (non-hydrogen) atoms. The number of unbranched alkanes of at least 4 members (excludes halogenated alkanes) is 25. The highest BCUT2D eigenvalue weighted by molar-refractivity contribution is 5.76. The van der Waals surface area contributed by atoms with E-state index in [-0.39, 0.29) is 12.5 Å². The Hall–Kier alpha value is -0.870. The van der Waals surface area contributed by atoms with Crippen LogP contribution in [0.25, 0.3) is 0 Å². The van der Waals surface area contributed by atoms with E-state index in [0.717, 1.165) is 25.7 Å². The molecule has 0 spiro atoms. The van der Waals surface area contributed by atoms with Crippen LogP contribution in [-0.2, 0) is 4.79 Å². The third-order valence-corrected chi connectivity index (χ3v) is 8.27. The van der Waals surface area contributed by atoms with Gasteiger partial charge in [-0.15, -0.1) is 0 Å². The van der Waals surface area contributed by atoms with Gasteiger partial charge >= 0.3 is 0 Å². The Labute approximate surface area is 250 Å². The third-order valence-electron chi connectivity index (χ3n) is 8.27. The molecule has 0 fully saturated rings. The Morgan fingerprint density at radius 2 is 0.925 bits per heavy atom. The van der Waals surface area contributed by atoms with E-state index in [1.54, 1.807) is 6.08 Å². The van der Waals surface area contributed by atoms with Gasteiger partial charge in [-0.1, -0.05) is 180 Å². The lowest BCUT2D eigenvalue weighted by Gasteiger charge is -2.19. The van der Waals surface area contributed by atoms with Gasteiger partial charge in [0.15, 0.2) is 0 Å². The van der Waals surface area contributed by atoms with Crippen LogP contribution in [0.5, 0.6) is 0 Å². The zero-order valence-electron chi connectivity index (χ0n) is 27.1. The minimum absolute atomic E-state index is 0.0987. The number of aliphatic hydroxyl groups excluding tert-OH is 2. The van der Waals surface area contributed by atoms with E-state index in [1.165, 1.54) is 148 Å². The van der Waals surface area contributed by atoms with E-state index < -0.39 is 12.1 Å². The summed E-state index contributed by atoms with van der Waals surface area (Å²) in [6.07, 6.45) is 39.7. The van der Waals surface area contributed by atoms with Crippen LogP contribution in [0.1, 0.15) is 194 Å². The first-order valence-electron chi connectivity index (χ1n) is 17.9. The first-order chi connectivity index (χ1) is 19.7. The van der Waals surface area contributed by atoms with E-state index in [0.29, 0.717) is 6.42 Å². The number of nitrogens with one attached hydrogen (secondary N) is 1. The van der Waals surface area contributed by atoms with Gasteiger partial charge in [0.25, 0.3) is 0 Å². The highest BCUT2D eigenvalue weighted by Gasteiger charge is 2.17. The number of hydrogen-bond acceptors (Lipinski definition) is 3. The SMILES string of the molecule is CCCCCCCCCCCCCCCCCCCCCCCCCC/C=C/C(O)C(CO)NC(=O)CCCC. The second kappa shape index (κ2) is 32.6. The van der Waals surface area contributed by atoms with Crippen LogP contribution in [0.4, 0.5) is 0 Å². The average Bonchev–Trinajstić information content (AvgIpc) is 2.96. The van der Waals surface area contributed by atoms with Crippen molar-refractivity contribution < 1.29 is 15.0 Å². The van der Waals surface area contributed by atoms with E-state index in [1.807, 2.05) is 13.0 Å². The van der Waals surface area contributed by atoms with Crippen molar-refractivity contribution in [2.45, 2.75) is 206 Å². The maximum Gasteiger partial charge on any atom is 0.220 e. The van der Waals surface area contributed by atoms with Gasteiger partial charge in [0.05, 0.1) is 18.8 Å². The zero-order valence-corrected chi connectivity index (χ0v) is 27.1. The molecule has 2 unspecified atom stereocenters. The first-order valence-corrected chi connectivity index (χ1v) is 17.9. The standard InChI is InChI=1S/C36H71NO3/c1-3-5-7-8-9-10-11-12-13-14-15-16-17-18-19-20-21-22-23-24-25-26-27-28-29-30-31-35(39)34(33-38)37-36(40)32-6-4-2/h30-31,34-35,38-39H,3-29,32-33H2,1-2H3,(H,37,40)/b31-30+. The highest BCUT2D eigenvalue weighted by Crippen LogP contribution is 2.16. The Balaban J connectivity index is 3.33. The molecule has 0 rings (SSSR count). The van der Waals surface area contributed by atoms with Crippen molar-refractivity contribution in [2.24, 2.45) is 0 Å². The van der Waals surface area contributed by atoms with Gasteiger partial charge < -0.3 is 15.5 Å². The smallest absolute Gasteiger partial charge is 0.220 e. The maximum atomic E-state index is 11.8. The van der Waals surface area contributed by atoms with Gasteiger partial charge in [-0.3, -0.25) is 4.79 Å². The van der Waals surface area contributed by atoms with Crippen LogP contribution < -0.4 is 5.32 Å². The summed E-state index contributed by atoms with van der Waals surface area (Å²) >= 11 is 0. The molecule has 2 atom stereocenters. The number of carbonyl (C=O) groups excluding carboxylic acids is 1. The Morgan fingerprint density at radius 1 is 0.575 bits per heavy atom. The molecular formula is C36H71NO3. The average molecular weight is 566 g/mol. The molecule has 0 bridgehead atoms. The summed E-state index contributed by atoms with van der Waals surface area (Å²) < 4.78 is 0. The number of rotatable bonds is 32. The number of aliphatic hydroxyl groups is 2. The van der Waals surface area contributed by atoms with Crippen LogP contribution in [0, 0.1) is 0 Å². The molecule has 238 valence electrons. The highest BCUT2D eigenvalue weighted by atomic mass is 16.3. The summed E-state index contributed by atoms with van der Waals surface area (Å²) in [5.74, 6) is -0.0987. The zero-order chi connectivity index (χ0) is 29.4. The summed E-state index contributed by atoms with van der Waals surface area (Å²) in [6, 6.07) is -0.611. The van der Waals surface area contributed by atoms with E-state index in [2.05, 4.69) is 12.2 Å². The van der Waals surface area contributed by atoms with Gasteiger partial charge in [-0.05, 0) is 19.3 Å². The van der Waals surface area contributed by atoms with E-state index in [4.69, 9.17) is 0 Å². The molecule has 0 aromatic heterocycles. The van der Waals surface area contributed by atoms with Crippen molar-refractivity contribution in [1.82, 2.24) is 5.32 Å². The van der Waals surface area contributed by atoms with Crippen LogP contribution in [0.15, 0.2) is 12.2 Å². The molecule has 1 amide bonds. The number of amides is 1. The number of carbonyl (C=O) groups is 1. The Morgan fingerprint density at radius 3 is 1.27 bits per heavy atom. The lowest BCUT2D eigenvalue weighted by Crippen LogP contribution is -2.45. The molecule has 0 heterocycles. The molecule has 0 aliphatic carbocycles. The molecule has 0 aliphatic heterocycles. The maximum absolute atomic E-state index is 11.8. The van der Waals surface area contributed by atoms with Gasteiger partial charge in [-0.2, -0.15) is 0 Å². The molecule has 4 heteroatoms. The van der Waals surface area contributed by atoms with E-state index >= 15 is 0 Å². The molecule has 4 nitrogen and oxygen atoms in total. The topological polar surface area (TPSA) is 69.6 Å². The number of hydrogen-bond donors (Lipinski definition) is 3. The molecule has 0 aromatic carbocycles. The molecule has 0 aromatic rings. The third kappa shape index (κ3) is 28.7. The predicted molar refractivity (Wildman–Crippen MR) is 175 cm³/mol. The van der Waals surface area contributed by atoms with Crippen LogP contribution >= 0.6 is 0 Å². The van der Waals surface area contributed by atoms with Crippen LogP contribution in [-0.4, -0.2) is 34.9 Å². The molecule has 0 aliphatic rings. The second-order valence-electron chi connectivity index (χ2n) is 12.3. The largest absolute Gasteiger partial charge is 0.394 e. The van der Waals surface area contributed by atoms with Crippen molar-refractivity contribution in [3.05, 3.63) is 12.2 Å². The van der Waals surface area contributed by atoms with Crippen molar-refractivity contribution in [3.8, 4) is 0 Å². The summed E-state index contributed by atoms with van der Waals surface area (Å²) in [5, 5.41) is 22.4. The summed E-state index contributed by atoms with van der Waals surface area (Å²) in [4.78, 5) is 11.8. The Bertz CT molecular complexity index is 536. The van der Waals surface area contributed by atoms with Gasteiger partial charge in [-0.25, -0.2) is 0 Å². The molecule has 0 saturated carbocycles. The first kappa shape index (κ1) is 39.1.